The molecule has 0 saturated heterocycles. The number of ether oxygens (including phenoxy) is 1. The number of fused-ring (bicyclic) bond motifs is 1. The molecule has 0 aromatic heterocycles. The van der Waals surface area contributed by atoms with Gasteiger partial charge in [0, 0.05) is 23.3 Å². The summed E-state index contributed by atoms with van der Waals surface area (Å²) in [4.78, 5) is 30.0. The molecule has 4 aromatic carbocycles. The Morgan fingerprint density at radius 1 is 0.850 bits per heavy atom. The number of allylic oxidation sites excluding steroid dienone is 1. The van der Waals surface area contributed by atoms with E-state index in [0.717, 1.165) is 33.9 Å². The molecule has 0 saturated carbocycles. The number of anilines is 2. The summed E-state index contributed by atoms with van der Waals surface area (Å²) in [5.74, 6) is 0.633. The first kappa shape index (κ1) is 25.6. The summed E-state index contributed by atoms with van der Waals surface area (Å²) < 4.78 is 6.04. The number of carbonyl (C=O) groups excluding carboxylic acids is 2. The van der Waals surface area contributed by atoms with Crippen molar-refractivity contribution in [2.45, 2.75) is 39.3 Å². The molecule has 1 amide bonds. The van der Waals surface area contributed by atoms with E-state index in [4.69, 9.17) is 4.74 Å². The largest absolute Gasteiger partial charge is 0.489 e. The molecule has 200 valence electrons. The van der Waals surface area contributed by atoms with Gasteiger partial charge in [-0.3, -0.25) is 14.5 Å². The van der Waals surface area contributed by atoms with E-state index in [0.29, 0.717) is 30.6 Å². The second-order valence-corrected chi connectivity index (χ2v) is 11.3. The van der Waals surface area contributed by atoms with Gasteiger partial charge in [0.05, 0.1) is 17.4 Å². The molecule has 1 atom stereocenters. The van der Waals surface area contributed by atoms with Gasteiger partial charge < -0.3 is 10.1 Å². The van der Waals surface area contributed by atoms with Gasteiger partial charge in [-0.15, -0.1) is 0 Å². The maximum Gasteiger partial charge on any atom is 0.259 e. The number of ketones is 1. The van der Waals surface area contributed by atoms with Crippen molar-refractivity contribution >= 4 is 23.1 Å². The van der Waals surface area contributed by atoms with Crippen molar-refractivity contribution in [3.05, 3.63) is 137 Å². The summed E-state index contributed by atoms with van der Waals surface area (Å²) in [6.07, 6.45) is 1.14. The zero-order valence-corrected chi connectivity index (χ0v) is 22.8. The Bertz CT molecular complexity index is 1570. The first-order chi connectivity index (χ1) is 19.4. The van der Waals surface area contributed by atoms with Gasteiger partial charge >= 0.3 is 0 Å². The Labute approximate surface area is 235 Å². The zero-order valence-electron chi connectivity index (χ0n) is 22.8. The fourth-order valence-electron chi connectivity index (χ4n) is 5.73. The Hall–Kier alpha value is -4.64. The van der Waals surface area contributed by atoms with Crippen LogP contribution in [-0.4, -0.2) is 11.7 Å². The monoisotopic (exact) mass is 528 g/mol. The van der Waals surface area contributed by atoms with Gasteiger partial charge in [-0.2, -0.15) is 0 Å². The van der Waals surface area contributed by atoms with Crippen molar-refractivity contribution in [1.29, 1.82) is 0 Å². The number of para-hydroxylation sites is 2. The van der Waals surface area contributed by atoms with Crippen molar-refractivity contribution < 1.29 is 14.3 Å². The first-order valence-corrected chi connectivity index (χ1v) is 13.7. The maximum absolute atomic E-state index is 14.3. The number of benzene rings is 4. The van der Waals surface area contributed by atoms with E-state index < -0.39 is 6.04 Å². The summed E-state index contributed by atoms with van der Waals surface area (Å²) in [7, 11) is 0. The summed E-state index contributed by atoms with van der Waals surface area (Å²) in [6.45, 7) is 4.70. The van der Waals surface area contributed by atoms with Gasteiger partial charge in [0.2, 0.25) is 0 Å². The third kappa shape index (κ3) is 5.03. The van der Waals surface area contributed by atoms with Crippen molar-refractivity contribution in [1.82, 2.24) is 0 Å². The van der Waals surface area contributed by atoms with Crippen LogP contribution in [-0.2, 0) is 11.4 Å². The molecule has 4 aromatic rings. The molecule has 0 unspecified atom stereocenters. The predicted molar refractivity (Wildman–Crippen MR) is 158 cm³/mol. The first-order valence-electron chi connectivity index (χ1n) is 13.7. The van der Waals surface area contributed by atoms with Crippen molar-refractivity contribution in [3.8, 4) is 5.75 Å². The fraction of sp³-hybridized carbons (Fsp3) is 0.200. The molecule has 6 rings (SSSR count). The number of Topliss-reactive ketones (excluding diaryl/α,β-unsaturated/α-hetero) is 1. The van der Waals surface area contributed by atoms with Crippen LogP contribution in [0.5, 0.6) is 5.75 Å². The van der Waals surface area contributed by atoms with Crippen molar-refractivity contribution in [2.75, 3.05) is 10.2 Å². The third-order valence-corrected chi connectivity index (χ3v) is 7.58. The van der Waals surface area contributed by atoms with Crippen LogP contribution < -0.4 is 15.0 Å². The number of rotatable bonds is 5. The SMILES string of the molecule is CC1(C)CC(=O)C2=C(C1)Nc1ccccc1N(C(=O)c1ccccc1)[C@H]2c1ccc(OCc2ccccc2)cc1. The minimum absolute atomic E-state index is 0.0619. The normalized spacial score (nSPS) is 17.8. The highest BCUT2D eigenvalue weighted by atomic mass is 16.5. The molecule has 5 nitrogen and oxygen atoms in total. The van der Waals surface area contributed by atoms with Crippen LogP contribution >= 0.6 is 0 Å². The second-order valence-electron chi connectivity index (χ2n) is 11.3. The highest BCUT2D eigenvalue weighted by Gasteiger charge is 2.43. The number of carbonyl (C=O) groups is 2. The van der Waals surface area contributed by atoms with Gasteiger partial charge in [-0.05, 0) is 59.4 Å². The smallest absolute Gasteiger partial charge is 0.259 e. The van der Waals surface area contributed by atoms with Crippen LogP contribution in [0.15, 0.2) is 120 Å². The van der Waals surface area contributed by atoms with Gasteiger partial charge in [0.15, 0.2) is 5.78 Å². The lowest BCUT2D eigenvalue weighted by Gasteiger charge is -2.37. The standard InChI is InChI=1S/C35H32N2O3/c1-35(2)21-29-32(31(38)22-35)33(25-17-19-27(20-18-25)40-23-24-11-5-3-6-12-24)37(30-16-10-9-15-28(30)36-29)34(39)26-13-7-4-8-14-26/h3-20,33,36H,21-23H2,1-2H3/t33-/m0/s1. The van der Waals surface area contributed by atoms with E-state index >= 15 is 0 Å². The molecule has 0 bridgehead atoms. The molecular formula is C35H32N2O3. The molecule has 40 heavy (non-hydrogen) atoms. The summed E-state index contributed by atoms with van der Waals surface area (Å²) in [5.41, 5.74) is 5.41. The molecule has 1 aliphatic heterocycles. The average Bonchev–Trinajstić information content (AvgIpc) is 3.11. The summed E-state index contributed by atoms with van der Waals surface area (Å²) in [5, 5.41) is 3.57. The summed E-state index contributed by atoms with van der Waals surface area (Å²) >= 11 is 0. The Balaban J connectivity index is 1.47. The maximum atomic E-state index is 14.3. The molecule has 1 heterocycles. The van der Waals surface area contributed by atoms with Crippen molar-refractivity contribution in [2.24, 2.45) is 5.41 Å². The average molecular weight is 529 g/mol. The van der Waals surface area contributed by atoms with Crippen LogP contribution in [0.1, 0.15) is 54.2 Å². The lowest BCUT2D eigenvalue weighted by molar-refractivity contribution is -0.118. The number of amides is 1. The minimum Gasteiger partial charge on any atom is -0.489 e. The summed E-state index contributed by atoms with van der Waals surface area (Å²) in [6, 6.07) is 34.3. The molecule has 1 N–H and O–H groups in total. The zero-order chi connectivity index (χ0) is 27.7. The van der Waals surface area contributed by atoms with Crippen LogP contribution in [0, 0.1) is 5.41 Å². The Morgan fingerprint density at radius 3 is 2.23 bits per heavy atom. The highest BCUT2D eigenvalue weighted by Crippen LogP contribution is 2.48. The Morgan fingerprint density at radius 2 is 1.50 bits per heavy atom. The van der Waals surface area contributed by atoms with E-state index in [-0.39, 0.29) is 17.1 Å². The van der Waals surface area contributed by atoms with E-state index in [1.54, 1.807) is 4.90 Å². The predicted octanol–water partition coefficient (Wildman–Crippen LogP) is 7.72. The van der Waals surface area contributed by atoms with Crippen molar-refractivity contribution in [3.63, 3.8) is 0 Å². The molecule has 0 radical (unpaired) electrons. The van der Waals surface area contributed by atoms with E-state index in [1.807, 2.05) is 109 Å². The number of hydrogen-bond donors (Lipinski definition) is 1. The molecule has 2 aliphatic rings. The van der Waals surface area contributed by atoms with Gasteiger partial charge in [-0.1, -0.05) is 86.6 Å². The van der Waals surface area contributed by atoms with Crippen LogP contribution in [0.25, 0.3) is 0 Å². The van der Waals surface area contributed by atoms with Gasteiger partial charge in [0.25, 0.3) is 5.91 Å². The molecule has 5 heteroatoms. The Kier molecular flexibility index (Phi) is 6.72. The topological polar surface area (TPSA) is 58.6 Å². The van der Waals surface area contributed by atoms with Gasteiger partial charge in [0.1, 0.15) is 12.4 Å². The van der Waals surface area contributed by atoms with E-state index in [9.17, 15) is 9.59 Å². The third-order valence-electron chi connectivity index (χ3n) is 7.58. The van der Waals surface area contributed by atoms with Crippen LogP contribution in [0.4, 0.5) is 11.4 Å². The quantitative estimate of drug-likeness (QED) is 0.288. The molecule has 0 fully saturated rings. The molecule has 0 spiro atoms. The highest BCUT2D eigenvalue weighted by molar-refractivity contribution is 6.12. The molecule has 1 aliphatic carbocycles. The van der Waals surface area contributed by atoms with E-state index in [1.165, 1.54) is 0 Å². The van der Waals surface area contributed by atoms with Gasteiger partial charge in [-0.25, -0.2) is 0 Å². The second kappa shape index (κ2) is 10.5. The van der Waals surface area contributed by atoms with Crippen LogP contribution in [0.3, 0.4) is 0 Å². The lowest BCUT2D eigenvalue weighted by atomic mass is 9.73. The number of hydrogen-bond acceptors (Lipinski definition) is 4. The van der Waals surface area contributed by atoms with Crippen LogP contribution in [0.2, 0.25) is 0 Å². The van der Waals surface area contributed by atoms with E-state index in [2.05, 4.69) is 19.2 Å². The number of nitrogens with one attached hydrogen (secondary N) is 1. The number of nitrogens with zero attached hydrogens (tertiary/aromatic N) is 1. The molecular weight excluding hydrogens is 496 g/mol. The fourth-order valence-corrected chi connectivity index (χ4v) is 5.73. The minimum atomic E-state index is -0.592. The lowest BCUT2D eigenvalue weighted by Crippen LogP contribution is -2.39.